The highest BCUT2D eigenvalue weighted by Gasteiger charge is 2.17. The third-order valence-corrected chi connectivity index (χ3v) is 3.28. The summed E-state index contributed by atoms with van der Waals surface area (Å²) in [5.74, 6) is -0.0865. The fraction of sp³-hybridized carbons (Fsp3) is 0. The highest BCUT2D eigenvalue weighted by Crippen LogP contribution is 2.38. The number of benzene rings is 1. The zero-order valence-corrected chi connectivity index (χ0v) is 11.0. The number of aromatic nitrogens is 3. The van der Waals surface area contributed by atoms with E-state index in [1.807, 2.05) is 12.1 Å². The van der Waals surface area contributed by atoms with Gasteiger partial charge >= 0.3 is 0 Å². The van der Waals surface area contributed by atoms with E-state index in [9.17, 15) is 4.39 Å². The number of halogens is 2. The molecule has 0 radical (unpaired) electrons. The van der Waals surface area contributed by atoms with E-state index in [1.165, 1.54) is 12.1 Å². The van der Waals surface area contributed by atoms with Crippen molar-refractivity contribution in [3.63, 3.8) is 0 Å². The van der Waals surface area contributed by atoms with Gasteiger partial charge in [0.25, 0.3) is 0 Å². The number of hydrogen-bond donors (Lipinski definition) is 2. The molecule has 0 unspecified atom stereocenters. The first kappa shape index (κ1) is 12.6. The Bertz CT molecular complexity index is 755. The maximum atomic E-state index is 13.2. The van der Waals surface area contributed by atoms with Gasteiger partial charge in [0.15, 0.2) is 5.82 Å². The Hall–Kier alpha value is -2.40. The zero-order chi connectivity index (χ0) is 14.1. The highest BCUT2D eigenvalue weighted by molar-refractivity contribution is 6.33. The van der Waals surface area contributed by atoms with Gasteiger partial charge < -0.3 is 5.73 Å². The van der Waals surface area contributed by atoms with Crippen LogP contribution in [0.25, 0.3) is 22.4 Å². The molecule has 0 saturated carbocycles. The summed E-state index contributed by atoms with van der Waals surface area (Å²) in [4.78, 5) is 3.97. The summed E-state index contributed by atoms with van der Waals surface area (Å²) in [5.41, 5.74) is 8.79. The van der Waals surface area contributed by atoms with E-state index in [-0.39, 0.29) is 5.02 Å². The van der Waals surface area contributed by atoms with Crippen molar-refractivity contribution < 1.29 is 4.39 Å². The van der Waals surface area contributed by atoms with E-state index in [0.717, 1.165) is 11.3 Å². The Balaban J connectivity index is 2.22. The Morgan fingerprint density at radius 3 is 2.60 bits per heavy atom. The summed E-state index contributed by atoms with van der Waals surface area (Å²) < 4.78 is 13.2. The van der Waals surface area contributed by atoms with Crippen molar-refractivity contribution in [3.05, 3.63) is 53.6 Å². The molecule has 2 heterocycles. The lowest BCUT2D eigenvalue weighted by Crippen LogP contribution is -1.90. The smallest absolute Gasteiger partial charge is 0.153 e. The number of nitrogens with two attached hydrogens (primary N) is 1. The van der Waals surface area contributed by atoms with Gasteiger partial charge in [-0.1, -0.05) is 11.6 Å². The average Bonchev–Trinajstić information content (AvgIpc) is 2.82. The van der Waals surface area contributed by atoms with Crippen LogP contribution in [0.5, 0.6) is 0 Å². The predicted octanol–water partition coefficient (Wildman–Crippen LogP) is 3.51. The maximum Gasteiger partial charge on any atom is 0.153 e. The van der Waals surface area contributed by atoms with Gasteiger partial charge in [-0.25, -0.2) is 4.39 Å². The molecular formula is C14H10ClFN4. The third-order valence-electron chi connectivity index (χ3n) is 2.96. The molecule has 6 heteroatoms. The molecule has 20 heavy (non-hydrogen) atoms. The lowest BCUT2D eigenvalue weighted by atomic mass is 10.0. The molecule has 4 nitrogen and oxygen atoms in total. The highest BCUT2D eigenvalue weighted by atomic mass is 35.5. The second-order valence-corrected chi connectivity index (χ2v) is 4.63. The third kappa shape index (κ3) is 2.12. The van der Waals surface area contributed by atoms with Gasteiger partial charge in [0.05, 0.1) is 16.3 Å². The van der Waals surface area contributed by atoms with E-state index in [1.54, 1.807) is 18.5 Å². The zero-order valence-electron chi connectivity index (χ0n) is 10.3. The van der Waals surface area contributed by atoms with Crippen LogP contribution in [0.2, 0.25) is 5.02 Å². The fourth-order valence-electron chi connectivity index (χ4n) is 2.05. The lowest BCUT2D eigenvalue weighted by Gasteiger charge is -2.07. The number of hydrogen-bond acceptors (Lipinski definition) is 3. The fourth-order valence-corrected chi connectivity index (χ4v) is 2.31. The molecule has 100 valence electrons. The van der Waals surface area contributed by atoms with Crippen molar-refractivity contribution in [2.24, 2.45) is 0 Å². The number of rotatable bonds is 2. The molecule has 0 aliphatic heterocycles. The minimum absolute atomic E-state index is 0.286. The van der Waals surface area contributed by atoms with Crippen molar-refractivity contribution in [3.8, 4) is 22.4 Å². The van der Waals surface area contributed by atoms with Crippen LogP contribution >= 0.6 is 11.6 Å². The first-order chi connectivity index (χ1) is 9.66. The first-order valence-corrected chi connectivity index (χ1v) is 6.24. The number of nitrogens with zero attached hydrogens (tertiary/aromatic N) is 2. The van der Waals surface area contributed by atoms with Gasteiger partial charge in [0, 0.05) is 23.5 Å². The van der Waals surface area contributed by atoms with E-state index < -0.39 is 5.82 Å². The van der Waals surface area contributed by atoms with Crippen LogP contribution in [-0.2, 0) is 0 Å². The van der Waals surface area contributed by atoms with Crippen LogP contribution < -0.4 is 5.73 Å². The van der Waals surface area contributed by atoms with E-state index in [0.29, 0.717) is 16.9 Å². The SMILES string of the molecule is Nc1n[nH]c(-c2ccncc2)c1-c1ccc(F)cc1Cl. The summed E-state index contributed by atoms with van der Waals surface area (Å²) >= 11 is 6.10. The quantitative estimate of drug-likeness (QED) is 0.758. The molecule has 0 atom stereocenters. The topological polar surface area (TPSA) is 67.6 Å². The van der Waals surface area contributed by atoms with E-state index in [4.69, 9.17) is 17.3 Å². The molecule has 0 aliphatic rings. The molecule has 3 aromatic rings. The van der Waals surface area contributed by atoms with Gasteiger partial charge in [-0.15, -0.1) is 0 Å². The molecule has 0 bridgehead atoms. The van der Waals surface area contributed by atoms with E-state index >= 15 is 0 Å². The normalized spacial score (nSPS) is 10.7. The molecule has 3 N–H and O–H groups in total. The van der Waals surface area contributed by atoms with Crippen molar-refractivity contribution in [1.82, 2.24) is 15.2 Å². The van der Waals surface area contributed by atoms with Crippen LogP contribution in [0.15, 0.2) is 42.7 Å². The monoisotopic (exact) mass is 288 g/mol. The molecule has 3 rings (SSSR count). The Kier molecular flexibility index (Phi) is 3.12. The molecule has 0 fully saturated rings. The summed E-state index contributed by atoms with van der Waals surface area (Å²) in [5, 5.41) is 7.17. The van der Waals surface area contributed by atoms with Gasteiger partial charge in [0.2, 0.25) is 0 Å². The second-order valence-electron chi connectivity index (χ2n) is 4.22. The Morgan fingerprint density at radius 1 is 1.15 bits per heavy atom. The summed E-state index contributed by atoms with van der Waals surface area (Å²) in [6.07, 6.45) is 3.34. The predicted molar refractivity (Wildman–Crippen MR) is 76.6 cm³/mol. The number of nitrogens with one attached hydrogen (secondary N) is 1. The van der Waals surface area contributed by atoms with E-state index in [2.05, 4.69) is 15.2 Å². The van der Waals surface area contributed by atoms with Crippen LogP contribution in [0, 0.1) is 5.82 Å². The van der Waals surface area contributed by atoms with Crippen LogP contribution in [0.1, 0.15) is 0 Å². The molecule has 0 aliphatic carbocycles. The molecule has 2 aromatic heterocycles. The number of anilines is 1. The Morgan fingerprint density at radius 2 is 1.90 bits per heavy atom. The molecule has 0 spiro atoms. The molecular weight excluding hydrogens is 279 g/mol. The van der Waals surface area contributed by atoms with Crippen LogP contribution in [-0.4, -0.2) is 15.2 Å². The summed E-state index contributed by atoms with van der Waals surface area (Å²) in [6, 6.07) is 7.83. The molecule has 1 aromatic carbocycles. The minimum atomic E-state index is -0.397. The number of nitrogen functional groups attached to an aromatic ring is 1. The van der Waals surface area contributed by atoms with Crippen LogP contribution in [0.4, 0.5) is 10.2 Å². The maximum absolute atomic E-state index is 13.2. The van der Waals surface area contributed by atoms with Crippen molar-refractivity contribution in [2.45, 2.75) is 0 Å². The standard InChI is InChI=1S/C14H10ClFN4/c15-11-7-9(16)1-2-10(11)12-13(19-20-14(12)17)8-3-5-18-6-4-8/h1-7H,(H3,17,19,20). The largest absolute Gasteiger partial charge is 0.382 e. The van der Waals surface area contributed by atoms with Gasteiger partial charge in [0.1, 0.15) is 5.82 Å². The summed E-state index contributed by atoms with van der Waals surface area (Å²) in [6.45, 7) is 0. The number of H-pyrrole nitrogens is 1. The average molecular weight is 289 g/mol. The van der Waals surface area contributed by atoms with Crippen molar-refractivity contribution in [2.75, 3.05) is 5.73 Å². The Labute approximate surface area is 119 Å². The van der Waals surface area contributed by atoms with Gasteiger partial charge in [-0.2, -0.15) is 5.10 Å². The molecule has 0 saturated heterocycles. The van der Waals surface area contributed by atoms with Gasteiger partial charge in [-0.3, -0.25) is 10.1 Å². The minimum Gasteiger partial charge on any atom is -0.382 e. The number of pyridine rings is 1. The summed E-state index contributed by atoms with van der Waals surface area (Å²) in [7, 11) is 0. The lowest BCUT2D eigenvalue weighted by molar-refractivity contribution is 0.628. The van der Waals surface area contributed by atoms with Crippen molar-refractivity contribution >= 4 is 17.4 Å². The first-order valence-electron chi connectivity index (χ1n) is 5.86. The van der Waals surface area contributed by atoms with Crippen LogP contribution in [0.3, 0.4) is 0 Å². The number of aromatic amines is 1. The molecule has 0 amide bonds. The van der Waals surface area contributed by atoms with Gasteiger partial charge in [-0.05, 0) is 30.3 Å². The second kappa shape index (κ2) is 4.94. The van der Waals surface area contributed by atoms with Crippen molar-refractivity contribution in [1.29, 1.82) is 0 Å².